The molecule has 0 rings (SSSR count). The molecule has 0 spiro atoms. The van der Waals surface area contributed by atoms with Crippen LogP contribution in [-0.2, 0) is 65.4 Å². The monoisotopic (exact) mass is 1510 g/mol. The molecular formula is C84H164O17P2. The molecule has 0 saturated carbocycles. The van der Waals surface area contributed by atoms with E-state index in [9.17, 15) is 43.2 Å². The molecule has 0 heterocycles. The van der Waals surface area contributed by atoms with Gasteiger partial charge in [0.1, 0.15) is 19.3 Å². The van der Waals surface area contributed by atoms with E-state index in [4.69, 9.17) is 37.0 Å². The minimum Gasteiger partial charge on any atom is -0.462 e. The first-order valence-corrected chi connectivity index (χ1v) is 46.2. The largest absolute Gasteiger partial charge is 0.472 e. The van der Waals surface area contributed by atoms with Crippen molar-refractivity contribution in [2.45, 2.75) is 453 Å². The standard InChI is InChI=1S/C84H164O17P2/c1-74(2)60-52-44-36-30-24-18-14-11-9-10-12-16-21-28-34-40-50-58-66-84(89)101-80(71-95-82(87)65-57-49-43-42-47-55-63-77(7)8)73-99-103(92,93)97-69-78(85)68-96-102(90,91)98-72-79(100-83(88)67-59-51-41-35-29-23-22-26-32-38-46-54-62-76(5)6)70-94-81(86)64-56-48-39-33-27-20-17-13-15-19-25-31-37-45-53-61-75(3)4/h74-80,85H,9-73H2,1-8H3,(H,90,91)(H,92,93)/t78?,79-,80-/m1/s1. The molecular weight excluding hydrogens is 1340 g/mol. The predicted octanol–water partition coefficient (Wildman–Crippen LogP) is 25.2. The summed E-state index contributed by atoms with van der Waals surface area (Å²) in [4.78, 5) is 73.1. The topological polar surface area (TPSA) is 237 Å². The molecule has 17 nitrogen and oxygen atoms in total. The lowest BCUT2D eigenvalue weighted by Gasteiger charge is -2.21. The van der Waals surface area contributed by atoms with Gasteiger partial charge in [-0.2, -0.15) is 0 Å². The molecule has 0 bridgehead atoms. The molecule has 0 aliphatic carbocycles. The van der Waals surface area contributed by atoms with E-state index in [1.54, 1.807) is 0 Å². The van der Waals surface area contributed by atoms with Gasteiger partial charge in [0.05, 0.1) is 26.4 Å². The molecule has 0 saturated heterocycles. The van der Waals surface area contributed by atoms with Gasteiger partial charge in [0.25, 0.3) is 0 Å². The van der Waals surface area contributed by atoms with Crippen LogP contribution in [0.3, 0.4) is 0 Å². The van der Waals surface area contributed by atoms with E-state index in [1.165, 1.54) is 231 Å². The average Bonchev–Trinajstić information content (AvgIpc) is 0.947. The van der Waals surface area contributed by atoms with E-state index in [0.29, 0.717) is 31.6 Å². The second kappa shape index (κ2) is 72.9. The maximum Gasteiger partial charge on any atom is 0.472 e. The van der Waals surface area contributed by atoms with Crippen molar-refractivity contribution in [3.63, 3.8) is 0 Å². The molecule has 3 N–H and O–H groups in total. The Morgan fingerprint density at radius 1 is 0.243 bits per heavy atom. The summed E-state index contributed by atoms with van der Waals surface area (Å²) in [5.74, 6) is 0.970. The highest BCUT2D eigenvalue weighted by molar-refractivity contribution is 7.47. The summed E-state index contributed by atoms with van der Waals surface area (Å²) >= 11 is 0. The molecule has 0 aliphatic rings. The highest BCUT2D eigenvalue weighted by atomic mass is 31.2. The molecule has 103 heavy (non-hydrogen) atoms. The molecule has 0 radical (unpaired) electrons. The number of carbonyl (C=O) groups excluding carboxylic acids is 4. The fourth-order valence-corrected chi connectivity index (χ4v) is 14.5. The Balaban J connectivity index is 5.19. The third-order valence-electron chi connectivity index (χ3n) is 19.6. The molecule has 0 aromatic heterocycles. The number of hydrogen-bond donors (Lipinski definition) is 3. The van der Waals surface area contributed by atoms with E-state index in [1.807, 2.05) is 0 Å². The van der Waals surface area contributed by atoms with E-state index < -0.39 is 97.5 Å². The van der Waals surface area contributed by atoms with Crippen LogP contribution in [0.4, 0.5) is 0 Å². The quantitative estimate of drug-likeness (QED) is 0.0222. The minimum atomic E-state index is -4.96. The Morgan fingerprint density at radius 3 is 0.602 bits per heavy atom. The van der Waals surface area contributed by atoms with Gasteiger partial charge in [-0.25, -0.2) is 9.13 Å². The number of carbonyl (C=O) groups is 4. The van der Waals surface area contributed by atoms with Crippen LogP contribution in [0.1, 0.15) is 434 Å². The van der Waals surface area contributed by atoms with Crippen molar-refractivity contribution in [1.29, 1.82) is 0 Å². The van der Waals surface area contributed by atoms with Crippen LogP contribution in [-0.4, -0.2) is 96.7 Å². The number of rotatable bonds is 81. The summed E-state index contributed by atoms with van der Waals surface area (Å²) < 4.78 is 68.8. The van der Waals surface area contributed by atoms with Crippen LogP contribution in [0.15, 0.2) is 0 Å². The zero-order valence-electron chi connectivity index (χ0n) is 68.0. The van der Waals surface area contributed by atoms with Crippen molar-refractivity contribution < 1.29 is 80.2 Å². The van der Waals surface area contributed by atoms with E-state index >= 15 is 0 Å². The van der Waals surface area contributed by atoms with Crippen molar-refractivity contribution in [1.82, 2.24) is 0 Å². The molecule has 0 aromatic rings. The normalized spacial score (nSPS) is 14.0. The number of hydrogen-bond acceptors (Lipinski definition) is 15. The van der Waals surface area contributed by atoms with E-state index in [2.05, 4.69) is 55.4 Å². The van der Waals surface area contributed by atoms with Gasteiger partial charge in [-0.3, -0.25) is 37.3 Å². The first-order valence-electron chi connectivity index (χ1n) is 43.2. The zero-order valence-corrected chi connectivity index (χ0v) is 69.7. The van der Waals surface area contributed by atoms with Crippen LogP contribution >= 0.6 is 15.6 Å². The highest BCUT2D eigenvalue weighted by Gasteiger charge is 2.30. The van der Waals surface area contributed by atoms with Gasteiger partial charge >= 0.3 is 39.5 Å². The van der Waals surface area contributed by atoms with Gasteiger partial charge in [-0.1, -0.05) is 383 Å². The lowest BCUT2D eigenvalue weighted by molar-refractivity contribution is -0.161. The Hall–Kier alpha value is -1.94. The lowest BCUT2D eigenvalue weighted by Crippen LogP contribution is -2.30. The summed E-state index contributed by atoms with van der Waals surface area (Å²) in [7, 11) is -9.92. The fraction of sp³-hybridized carbons (Fsp3) is 0.952. The second-order valence-electron chi connectivity index (χ2n) is 32.1. The Labute approximate surface area is 632 Å². The zero-order chi connectivity index (χ0) is 76.0. The summed E-state index contributed by atoms with van der Waals surface area (Å²) in [5, 5.41) is 10.7. The average molecular weight is 1510 g/mol. The third-order valence-corrected chi connectivity index (χ3v) is 21.5. The summed E-state index contributed by atoms with van der Waals surface area (Å²) in [6.45, 7) is 14.3. The predicted molar refractivity (Wildman–Crippen MR) is 423 cm³/mol. The summed E-state index contributed by atoms with van der Waals surface area (Å²) in [6, 6.07) is 0. The van der Waals surface area contributed by atoms with Gasteiger partial charge in [0, 0.05) is 25.7 Å². The second-order valence-corrected chi connectivity index (χ2v) is 35.0. The third kappa shape index (κ3) is 78.0. The first kappa shape index (κ1) is 101. The van der Waals surface area contributed by atoms with Crippen LogP contribution in [0.5, 0.6) is 0 Å². The Bertz CT molecular complexity index is 2010. The van der Waals surface area contributed by atoms with E-state index in [-0.39, 0.29) is 25.7 Å². The van der Waals surface area contributed by atoms with Crippen molar-refractivity contribution in [3.05, 3.63) is 0 Å². The number of aliphatic hydroxyl groups is 1. The van der Waals surface area contributed by atoms with Crippen LogP contribution in [0, 0.1) is 23.7 Å². The number of phosphoric acid groups is 2. The van der Waals surface area contributed by atoms with Gasteiger partial charge < -0.3 is 33.8 Å². The number of ether oxygens (including phenoxy) is 4. The Kier molecular flexibility index (Phi) is 71.5. The fourth-order valence-electron chi connectivity index (χ4n) is 13.0. The number of aliphatic hydroxyl groups excluding tert-OH is 1. The van der Waals surface area contributed by atoms with Gasteiger partial charge in [-0.05, 0) is 49.4 Å². The van der Waals surface area contributed by atoms with Crippen LogP contribution in [0.25, 0.3) is 0 Å². The molecule has 0 aromatic carbocycles. The Morgan fingerprint density at radius 2 is 0.408 bits per heavy atom. The molecule has 612 valence electrons. The molecule has 0 aliphatic heterocycles. The summed E-state index contributed by atoms with van der Waals surface area (Å²) in [5.41, 5.74) is 0. The highest BCUT2D eigenvalue weighted by Crippen LogP contribution is 2.45. The SMILES string of the molecule is CC(C)CCCCCCCCCCCCCCCCCCCCC(=O)O[C@H](COC(=O)CCCCCCCCC(C)C)COP(=O)(O)OCC(O)COP(=O)(O)OC[C@@H](COC(=O)CCCCCCCCCCCCCCCCCC(C)C)OC(=O)CCCCCCCCCCCCCCC(C)C. The number of phosphoric ester groups is 2. The van der Waals surface area contributed by atoms with Crippen molar-refractivity contribution in [2.75, 3.05) is 39.6 Å². The molecule has 3 unspecified atom stereocenters. The van der Waals surface area contributed by atoms with Crippen LogP contribution < -0.4 is 0 Å². The van der Waals surface area contributed by atoms with Gasteiger partial charge in [-0.15, -0.1) is 0 Å². The molecule has 19 heteroatoms. The minimum absolute atomic E-state index is 0.107. The summed E-state index contributed by atoms with van der Waals surface area (Å²) in [6.07, 6.45) is 61.3. The number of esters is 4. The van der Waals surface area contributed by atoms with Crippen molar-refractivity contribution >= 4 is 39.5 Å². The molecule has 0 amide bonds. The molecule has 5 atom stereocenters. The van der Waals surface area contributed by atoms with Crippen molar-refractivity contribution in [2.24, 2.45) is 23.7 Å². The smallest absolute Gasteiger partial charge is 0.462 e. The first-order chi connectivity index (χ1) is 49.6. The van der Waals surface area contributed by atoms with E-state index in [0.717, 1.165) is 114 Å². The van der Waals surface area contributed by atoms with Gasteiger partial charge in [0.2, 0.25) is 0 Å². The lowest BCUT2D eigenvalue weighted by atomic mass is 10.0. The molecule has 0 fully saturated rings. The van der Waals surface area contributed by atoms with Crippen LogP contribution in [0.2, 0.25) is 0 Å². The number of unbranched alkanes of at least 4 members (excludes halogenated alkanes) is 47. The van der Waals surface area contributed by atoms with Gasteiger partial charge in [0.15, 0.2) is 12.2 Å². The maximum absolute atomic E-state index is 13.1. The van der Waals surface area contributed by atoms with Crippen molar-refractivity contribution in [3.8, 4) is 0 Å². The maximum atomic E-state index is 13.1.